The minimum Gasteiger partial charge on any atom is -0.392 e. The van der Waals surface area contributed by atoms with E-state index in [0.29, 0.717) is 0 Å². The van der Waals surface area contributed by atoms with Crippen molar-refractivity contribution in [1.82, 2.24) is 9.78 Å². The molecule has 0 unspecified atom stereocenters. The summed E-state index contributed by atoms with van der Waals surface area (Å²) in [7, 11) is 1.94. The van der Waals surface area contributed by atoms with Gasteiger partial charge in [0.25, 0.3) is 0 Å². The fraction of sp³-hybridized carbons (Fsp3) is 0.133. The number of aliphatic hydroxyl groups excluding tert-OH is 1. The van der Waals surface area contributed by atoms with E-state index >= 15 is 0 Å². The van der Waals surface area contributed by atoms with Gasteiger partial charge in [-0.1, -0.05) is 30.3 Å². The normalized spacial score (nSPS) is 11.0. The third kappa shape index (κ3) is 1.69. The van der Waals surface area contributed by atoms with Crippen LogP contribution in [0.5, 0.6) is 0 Å². The quantitative estimate of drug-likeness (QED) is 0.745. The summed E-state index contributed by atoms with van der Waals surface area (Å²) >= 11 is 0. The lowest BCUT2D eigenvalue weighted by Crippen LogP contribution is -1.89. The van der Waals surface area contributed by atoms with E-state index in [-0.39, 0.29) is 6.61 Å². The van der Waals surface area contributed by atoms with Gasteiger partial charge in [-0.3, -0.25) is 4.68 Å². The largest absolute Gasteiger partial charge is 0.392 e. The van der Waals surface area contributed by atoms with Crippen LogP contribution < -0.4 is 0 Å². The van der Waals surface area contributed by atoms with E-state index in [0.717, 1.165) is 27.6 Å². The number of aromatic nitrogens is 2. The maximum absolute atomic E-state index is 9.21. The predicted octanol–water partition coefficient (Wildman–Crippen LogP) is 2.73. The molecular weight excluding hydrogens is 224 g/mol. The first-order chi connectivity index (χ1) is 8.79. The highest BCUT2D eigenvalue weighted by Gasteiger charge is 2.07. The Bertz CT molecular complexity index is 701. The topological polar surface area (TPSA) is 38.0 Å². The third-order valence-corrected chi connectivity index (χ3v) is 3.21. The predicted molar refractivity (Wildman–Crippen MR) is 72.1 cm³/mol. The van der Waals surface area contributed by atoms with Crippen molar-refractivity contribution in [2.24, 2.45) is 7.05 Å². The van der Waals surface area contributed by atoms with E-state index in [1.54, 1.807) is 0 Å². The lowest BCUT2D eigenvalue weighted by Gasteiger charge is -2.05. The number of aliphatic hydroxyl groups is 1. The van der Waals surface area contributed by atoms with Crippen LogP contribution in [-0.4, -0.2) is 14.9 Å². The molecule has 1 heterocycles. The van der Waals surface area contributed by atoms with Gasteiger partial charge in [0, 0.05) is 12.4 Å². The Hall–Kier alpha value is -2.13. The number of nitrogens with zero attached hydrogens (tertiary/aromatic N) is 2. The fourth-order valence-electron chi connectivity index (χ4n) is 2.27. The molecule has 0 saturated carbocycles. The lowest BCUT2D eigenvalue weighted by molar-refractivity contribution is 0.282. The highest BCUT2D eigenvalue weighted by atomic mass is 16.3. The van der Waals surface area contributed by atoms with Gasteiger partial charge in [0.05, 0.1) is 18.3 Å². The second-order valence-corrected chi connectivity index (χ2v) is 4.37. The van der Waals surface area contributed by atoms with Gasteiger partial charge < -0.3 is 5.11 Å². The molecule has 3 nitrogen and oxygen atoms in total. The molecule has 0 spiro atoms. The number of aryl methyl sites for hydroxylation is 1. The summed E-state index contributed by atoms with van der Waals surface area (Å²) < 4.78 is 1.87. The number of rotatable bonds is 2. The van der Waals surface area contributed by atoms with Gasteiger partial charge in [0.1, 0.15) is 0 Å². The Labute approximate surface area is 105 Å². The Morgan fingerprint density at radius 1 is 1.17 bits per heavy atom. The average Bonchev–Trinajstić information content (AvgIpc) is 2.81. The second-order valence-electron chi connectivity index (χ2n) is 4.37. The summed E-state index contributed by atoms with van der Waals surface area (Å²) in [6, 6.07) is 14.1. The molecule has 0 bridgehead atoms. The molecule has 0 amide bonds. The zero-order valence-electron chi connectivity index (χ0n) is 10.2. The summed E-state index contributed by atoms with van der Waals surface area (Å²) in [5.74, 6) is 0. The molecule has 2 aromatic carbocycles. The lowest BCUT2D eigenvalue weighted by atomic mass is 10.0. The number of hydrogen-bond acceptors (Lipinski definition) is 2. The van der Waals surface area contributed by atoms with Crippen molar-refractivity contribution >= 4 is 10.9 Å². The van der Waals surface area contributed by atoms with Crippen molar-refractivity contribution in [1.29, 1.82) is 0 Å². The van der Waals surface area contributed by atoms with Gasteiger partial charge in [0.15, 0.2) is 0 Å². The summed E-state index contributed by atoms with van der Waals surface area (Å²) in [6.07, 6.45) is 1.89. The summed E-state index contributed by atoms with van der Waals surface area (Å²) in [6.45, 7) is 0.0663. The first-order valence-corrected chi connectivity index (χ1v) is 5.90. The molecule has 0 aliphatic rings. The van der Waals surface area contributed by atoms with Crippen molar-refractivity contribution in [3.8, 4) is 11.1 Å². The molecule has 0 fully saturated rings. The molecule has 0 radical (unpaired) electrons. The van der Waals surface area contributed by atoms with E-state index in [4.69, 9.17) is 0 Å². The van der Waals surface area contributed by atoms with Crippen LogP contribution in [0.15, 0.2) is 48.7 Å². The first-order valence-electron chi connectivity index (χ1n) is 5.90. The molecule has 0 atom stereocenters. The molecule has 3 heteroatoms. The molecule has 90 valence electrons. The van der Waals surface area contributed by atoms with Crippen LogP contribution in [0.25, 0.3) is 22.0 Å². The summed E-state index contributed by atoms with van der Waals surface area (Å²) in [5, 5.41) is 14.6. The van der Waals surface area contributed by atoms with Crippen LogP contribution >= 0.6 is 0 Å². The molecule has 18 heavy (non-hydrogen) atoms. The molecule has 3 rings (SSSR count). The molecule has 0 aliphatic heterocycles. The van der Waals surface area contributed by atoms with Crippen molar-refractivity contribution in [3.05, 3.63) is 54.2 Å². The Balaban J connectivity index is 2.24. The maximum atomic E-state index is 9.21. The molecule has 0 aliphatic carbocycles. The van der Waals surface area contributed by atoms with Crippen LogP contribution in [-0.2, 0) is 13.7 Å². The zero-order valence-corrected chi connectivity index (χ0v) is 10.2. The van der Waals surface area contributed by atoms with Crippen molar-refractivity contribution in [2.75, 3.05) is 0 Å². The minimum atomic E-state index is 0.0663. The maximum Gasteiger partial charge on any atom is 0.0685 e. The van der Waals surface area contributed by atoms with Crippen LogP contribution in [0.1, 0.15) is 5.56 Å². The van der Waals surface area contributed by atoms with E-state index in [2.05, 4.69) is 23.3 Å². The van der Waals surface area contributed by atoms with Crippen LogP contribution in [0.2, 0.25) is 0 Å². The van der Waals surface area contributed by atoms with Crippen LogP contribution in [0, 0.1) is 0 Å². The highest BCUT2D eigenvalue weighted by Crippen LogP contribution is 2.28. The Morgan fingerprint density at radius 2 is 2.00 bits per heavy atom. The molecule has 3 aromatic rings. The van der Waals surface area contributed by atoms with Gasteiger partial charge in [-0.25, -0.2) is 0 Å². The number of benzene rings is 2. The summed E-state index contributed by atoms with van der Waals surface area (Å²) in [4.78, 5) is 0. The monoisotopic (exact) mass is 238 g/mol. The van der Waals surface area contributed by atoms with Crippen LogP contribution in [0.3, 0.4) is 0 Å². The SMILES string of the molecule is Cn1ncc2c(-c3cccc(CO)c3)cccc21. The van der Waals surface area contributed by atoms with Crippen molar-refractivity contribution < 1.29 is 5.11 Å². The molecular formula is C15H14N2O. The zero-order chi connectivity index (χ0) is 12.5. The van der Waals surface area contributed by atoms with E-state index < -0.39 is 0 Å². The van der Waals surface area contributed by atoms with Gasteiger partial charge in [0.2, 0.25) is 0 Å². The van der Waals surface area contributed by atoms with E-state index in [9.17, 15) is 5.11 Å². The first kappa shape index (κ1) is 11.0. The fourth-order valence-corrected chi connectivity index (χ4v) is 2.27. The van der Waals surface area contributed by atoms with Crippen LogP contribution in [0.4, 0.5) is 0 Å². The smallest absolute Gasteiger partial charge is 0.0685 e. The molecule has 1 aromatic heterocycles. The molecule has 1 N–H and O–H groups in total. The average molecular weight is 238 g/mol. The van der Waals surface area contributed by atoms with E-state index in [1.807, 2.05) is 42.2 Å². The van der Waals surface area contributed by atoms with Crippen molar-refractivity contribution in [3.63, 3.8) is 0 Å². The van der Waals surface area contributed by atoms with Gasteiger partial charge in [-0.05, 0) is 28.8 Å². The number of fused-ring (bicyclic) bond motifs is 1. The number of hydrogen-bond donors (Lipinski definition) is 1. The third-order valence-electron chi connectivity index (χ3n) is 3.21. The highest BCUT2D eigenvalue weighted by molar-refractivity contribution is 5.94. The van der Waals surface area contributed by atoms with Crippen molar-refractivity contribution in [2.45, 2.75) is 6.61 Å². The standard InChI is InChI=1S/C15H14N2O/c1-17-15-7-3-6-13(14(15)9-16-17)12-5-2-4-11(8-12)10-18/h2-9,18H,10H2,1H3. The molecule has 0 saturated heterocycles. The van der Waals surface area contributed by atoms with Gasteiger partial charge >= 0.3 is 0 Å². The second kappa shape index (κ2) is 4.27. The summed E-state index contributed by atoms with van der Waals surface area (Å²) in [5.41, 5.74) is 4.30. The van der Waals surface area contributed by atoms with E-state index in [1.165, 1.54) is 0 Å². The Morgan fingerprint density at radius 3 is 2.83 bits per heavy atom. The van der Waals surface area contributed by atoms with Gasteiger partial charge in [-0.2, -0.15) is 5.10 Å². The minimum absolute atomic E-state index is 0.0663. The Kier molecular flexibility index (Phi) is 2.61. The van der Waals surface area contributed by atoms with Gasteiger partial charge in [-0.15, -0.1) is 0 Å².